The number of para-hydroxylation sites is 2. The van der Waals surface area contributed by atoms with Crippen LogP contribution in [-0.4, -0.2) is 73.7 Å². The summed E-state index contributed by atoms with van der Waals surface area (Å²) < 4.78 is 6.01. The van der Waals surface area contributed by atoms with E-state index in [2.05, 4.69) is 17.1 Å². The Balaban J connectivity index is 1.24. The van der Waals surface area contributed by atoms with Gasteiger partial charge in [-0.05, 0) is 70.3 Å². The molecule has 2 fully saturated rings. The maximum atomic E-state index is 13.3. The normalized spacial score (nSPS) is 22.2. The second kappa shape index (κ2) is 10.4. The van der Waals surface area contributed by atoms with Gasteiger partial charge in [0.2, 0.25) is 5.91 Å². The number of nitrogens with one attached hydrogen (secondary N) is 1. The van der Waals surface area contributed by atoms with E-state index < -0.39 is 0 Å². The number of hydrogen-bond acceptors (Lipinski definition) is 4. The molecule has 1 unspecified atom stereocenters. The number of anilines is 1. The molecule has 0 aliphatic carbocycles. The van der Waals surface area contributed by atoms with Crippen molar-refractivity contribution in [2.24, 2.45) is 5.92 Å². The van der Waals surface area contributed by atoms with Gasteiger partial charge in [0.25, 0.3) is 0 Å². The highest BCUT2D eigenvalue weighted by atomic mass is 16.5. The van der Waals surface area contributed by atoms with Gasteiger partial charge in [0.15, 0.2) is 0 Å². The smallest absolute Gasteiger partial charge is 0.324 e. The van der Waals surface area contributed by atoms with E-state index in [-0.39, 0.29) is 24.0 Å². The molecule has 3 aliphatic heterocycles. The highest BCUT2D eigenvalue weighted by Gasteiger charge is 2.34. The van der Waals surface area contributed by atoms with Crippen LogP contribution >= 0.6 is 0 Å². The Kier molecular flexibility index (Phi) is 7.33. The van der Waals surface area contributed by atoms with Crippen molar-refractivity contribution >= 4 is 17.6 Å². The van der Waals surface area contributed by atoms with Crippen LogP contribution < -0.4 is 15.0 Å². The highest BCUT2D eigenvalue weighted by molar-refractivity contribution is 5.94. The zero-order valence-corrected chi connectivity index (χ0v) is 18.7. The van der Waals surface area contributed by atoms with Gasteiger partial charge >= 0.3 is 6.03 Å². The standard InChI is InChI=1S/C24H36N4O3/c1-2-20-18-28(21-8-3-4-9-22(21)31-20)24(30)27-16-10-19(11-17-27)23(29)25-12-7-15-26-13-5-6-14-26/h3-4,8-9,19-20H,2,5-7,10-18H2,1H3,(H,25,29). The van der Waals surface area contributed by atoms with Gasteiger partial charge in [0.1, 0.15) is 11.9 Å². The third-order valence-corrected chi connectivity index (χ3v) is 6.81. The van der Waals surface area contributed by atoms with Crippen molar-refractivity contribution in [3.63, 3.8) is 0 Å². The minimum atomic E-state index is 0.0104. The summed E-state index contributed by atoms with van der Waals surface area (Å²) in [7, 11) is 0. The summed E-state index contributed by atoms with van der Waals surface area (Å²) in [4.78, 5) is 32.1. The Morgan fingerprint density at radius 3 is 2.58 bits per heavy atom. The summed E-state index contributed by atoms with van der Waals surface area (Å²) >= 11 is 0. The molecule has 7 heteroatoms. The van der Waals surface area contributed by atoms with E-state index in [9.17, 15) is 9.59 Å². The predicted octanol–water partition coefficient (Wildman–Crippen LogP) is 3.10. The van der Waals surface area contributed by atoms with Crippen molar-refractivity contribution in [2.45, 2.75) is 51.6 Å². The number of urea groups is 1. The highest BCUT2D eigenvalue weighted by Crippen LogP contribution is 2.35. The number of fused-ring (bicyclic) bond motifs is 1. The van der Waals surface area contributed by atoms with Crippen LogP contribution in [0.5, 0.6) is 5.75 Å². The van der Waals surface area contributed by atoms with Crippen molar-refractivity contribution in [1.82, 2.24) is 15.1 Å². The van der Waals surface area contributed by atoms with Gasteiger partial charge in [-0.1, -0.05) is 19.1 Å². The maximum Gasteiger partial charge on any atom is 0.324 e. The van der Waals surface area contributed by atoms with E-state index in [1.165, 1.54) is 25.9 Å². The molecular weight excluding hydrogens is 392 g/mol. The van der Waals surface area contributed by atoms with Crippen LogP contribution in [-0.2, 0) is 4.79 Å². The Labute approximate surface area is 185 Å². The second-order valence-corrected chi connectivity index (χ2v) is 8.96. The number of carbonyl (C=O) groups excluding carboxylic acids is 2. The summed E-state index contributed by atoms with van der Waals surface area (Å²) in [6.07, 6.45) is 5.95. The number of ether oxygens (including phenoxy) is 1. The number of nitrogens with zero attached hydrogens (tertiary/aromatic N) is 3. The Bertz CT molecular complexity index is 757. The number of hydrogen-bond donors (Lipinski definition) is 1. The quantitative estimate of drug-likeness (QED) is 0.707. The average molecular weight is 429 g/mol. The van der Waals surface area contributed by atoms with Gasteiger partial charge < -0.3 is 19.9 Å². The molecule has 3 aliphatic rings. The largest absolute Gasteiger partial charge is 0.486 e. The molecule has 0 spiro atoms. The molecule has 3 heterocycles. The second-order valence-electron chi connectivity index (χ2n) is 8.96. The number of rotatable bonds is 6. The predicted molar refractivity (Wildman–Crippen MR) is 121 cm³/mol. The molecule has 170 valence electrons. The van der Waals surface area contributed by atoms with Crippen molar-refractivity contribution in [3.8, 4) is 5.75 Å². The monoisotopic (exact) mass is 428 g/mol. The first kappa shape index (κ1) is 21.9. The van der Waals surface area contributed by atoms with Crippen LogP contribution in [0.2, 0.25) is 0 Å². The maximum absolute atomic E-state index is 13.3. The van der Waals surface area contributed by atoms with Crippen LogP contribution in [0, 0.1) is 5.92 Å². The van der Waals surface area contributed by atoms with Crippen LogP contribution in [0.1, 0.15) is 45.4 Å². The molecule has 0 radical (unpaired) electrons. The van der Waals surface area contributed by atoms with E-state index >= 15 is 0 Å². The Hall–Kier alpha value is -2.28. The molecule has 3 amide bonds. The third kappa shape index (κ3) is 5.32. The van der Waals surface area contributed by atoms with Crippen LogP contribution in [0.3, 0.4) is 0 Å². The fraction of sp³-hybridized carbons (Fsp3) is 0.667. The van der Waals surface area contributed by atoms with E-state index in [0.717, 1.165) is 50.2 Å². The Morgan fingerprint density at radius 2 is 1.84 bits per heavy atom. The summed E-state index contributed by atoms with van der Waals surface area (Å²) in [6, 6.07) is 7.78. The number of likely N-dealkylation sites (tertiary alicyclic amines) is 2. The molecule has 1 aromatic rings. The minimum absolute atomic E-state index is 0.0104. The van der Waals surface area contributed by atoms with E-state index in [4.69, 9.17) is 4.74 Å². The van der Waals surface area contributed by atoms with Crippen LogP contribution in [0.4, 0.5) is 10.5 Å². The molecule has 4 rings (SSSR count). The lowest BCUT2D eigenvalue weighted by molar-refractivity contribution is -0.126. The van der Waals surface area contributed by atoms with Gasteiger partial charge in [-0.2, -0.15) is 0 Å². The molecule has 1 N–H and O–H groups in total. The first-order valence-corrected chi connectivity index (χ1v) is 12.0. The van der Waals surface area contributed by atoms with Gasteiger partial charge in [0, 0.05) is 25.6 Å². The lowest BCUT2D eigenvalue weighted by Crippen LogP contribution is -2.52. The van der Waals surface area contributed by atoms with E-state index in [0.29, 0.717) is 19.6 Å². The number of piperidine rings is 1. The van der Waals surface area contributed by atoms with Crippen molar-refractivity contribution in [1.29, 1.82) is 0 Å². The number of benzene rings is 1. The molecule has 7 nitrogen and oxygen atoms in total. The SMILES string of the molecule is CCC1CN(C(=O)N2CCC(C(=O)NCCCN3CCCC3)CC2)c2ccccc2O1. The fourth-order valence-corrected chi connectivity index (χ4v) is 4.86. The van der Waals surface area contributed by atoms with Crippen LogP contribution in [0.15, 0.2) is 24.3 Å². The van der Waals surface area contributed by atoms with Crippen molar-refractivity contribution in [3.05, 3.63) is 24.3 Å². The first-order valence-electron chi connectivity index (χ1n) is 12.0. The summed E-state index contributed by atoms with van der Waals surface area (Å²) in [5.74, 6) is 0.935. The molecule has 0 saturated carbocycles. The minimum Gasteiger partial charge on any atom is -0.486 e. The molecule has 31 heavy (non-hydrogen) atoms. The summed E-state index contributed by atoms with van der Waals surface area (Å²) in [5.41, 5.74) is 0.843. The molecule has 2 saturated heterocycles. The summed E-state index contributed by atoms with van der Waals surface area (Å²) in [5, 5.41) is 3.11. The number of carbonyl (C=O) groups is 2. The van der Waals surface area contributed by atoms with Gasteiger partial charge in [0.05, 0.1) is 12.2 Å². The molecule has 0 bridgehead atoms. The van der Waals surface area contributed by atoms with Gasteiger partial charge in [-0.3, -0.25) is 9.69 Å². The third-order valence-electron chi connectivity index (χ3n) is 6.81. The Morgan fingerprint density at radius 1 is 1.10 bits per heavy atom. The fourth-order valence-electron chi connectivity index (χ4n) is 4.86. The van der Waals surface area contributed by atoms with Crippen molar-refractivity contribution in [2.75, 3.05) is 50.7 Å². The van der Waals surface area contributed by atoms with Crippen LogP contribution in [0.25, 0.3) is 0 Å². The van der Waals surface area contributed by atoms with E-state index in [1.807, 2.05) is 34.1 Å². The van der Waals surface area contributed by atoms with E-state index in [1.54, 1.807) is 0 Å². The zero-order valence-electron chi connectivity index (χ0n) is 18.7. The molecule has 1 atom stereocenters. The average Bonchev–Trinajstić information content (AvgIpc) is 3.34. The first-order chi connectivity index (χ1) is 15.2. The number of amides is 3. The lowest BCUT2D eigenvalue weighted by Gasteiger charge is -2.39. The molecular formula is C24H36N4O3. The molecule has 0 aromatic heterocycles. The topological polar surface area (TPSA) is 65.1 Å². The zero-order chi connectivity index (χ0) is 21.6. The summed E-state index contributed by atoms with van der Waals surface area (Å²) in [6.45, 7) is 8.13. The van der Waals surface area contributed by atoms with Gasteiger partial charge in [-0.25, -0.2) is 4.79 Å². The molecule has 1 aromatic carbocycles. The van der Waals surface area contributed by atoms with Crippen molar-refractivity contribution < 1.29 is 14.3 Å². The van der Waals surface area contributed by atoms with Gasteiger partial charge in [-0.15, -0.1) is 0 Å². The lowest BCUT2D eigenvalue weighted by atomic mass is 9.96.